The fourth-order valence-electron chi connectivity index (χ4n) is 3.72. The lowest BCUT2D eigenvalue weighted by atomic mass is 10.1. The van der Waals surface area contributed by atoms with Crippen molar-refractivity contribution in [1.82, 2.24) is 24.4 Å². The summed E-state index contributed by atoms with van der Waals surface area (Å²) in [6.07, 6.45) is 6.21. The van der Waals surface area contributed by atoms with Gasteiger partial charge in [0.25, 0.3) is 0 Å². The first kappa shape index (κ1) is 16.9. The molecule has 1 aromatic carbocycles. The lowest BCUT2D eigenvalue weighted by Crippen LogP contribution is -2.10. The van der Waals surface area contributed by atoms with E-state index in [2.05, 4.69) is 26.7 Å². The van der Waals surface area contributed by atoms with E-state index in [1.807, 2.05) is 29.9 Å². The smallest absolute Gasteiger partial charge is 0.165 e. The highest BCUT2D eigenvalue weighted by Gasteiger charge is 2.18. The molecular formula is C20H19FN6O. The predicted molar refractivity (Wildman–Crippen MR) is 101 cm³/mol. The van der Waals surface area contributed by atoms with E-state index in [-0.39, 0.29) is 5.82 Å². The third-order valence-corrected chi connectivity index (χ3v) is 5.05. The number of aromatic nitrogens is 5. The highest BCUT2D eigenvalue weighted by atomic mass is 19.1. The van der Waals surface area contributed by atoms with Crippen LogP contribution in [0.3, 0.4) is 0 Å². The number of nitrogens with one attached hydrogen (secondary N) is 1. The zero-order valence-electron chi connectivity index (χ0n) is 15.4. The minimum atomic E-state index is -0.231. The number of hydrogen-bond donors (Lipinski definition) is 1. The summed E-state index contributed by atoms with van der Waals surface area (Å²) in [5.41, 5.74) is 5.37. The van der Waals surface area contributed by atoms with Gasteiger partial charge in [0.2, 0.25) is 0 Å². The fraction of sp³-hybridized carbons (Fsp3) is 0.250. The van der Waals surface area contributed by atoms with Gasteiger partial charge in [0, 0.05) is 42.9 Å². The number of fused-ring (bicyclic) bond motifs is 4. The second-order valence-corrected chi connectivity index (χ2v) is 6.99. The maximum atomic E-state index is 14.3. The number of pyridine rings is 1. The predicted octanol–water partition coefficient (Wildman–Crippen LogP) is 2.84. The third kappa shape index (κ3) is 2.91. The summed E-state index contributed by atoms with van der Waals surface area (Å²) in [5.74, 6) is 0.594. The van der Waals surface area contributed by atoms with Gasteiger partial charge in [-0.1, -0.05) is 12.1 Å². The summed E-state index contributed by atoms with van der Waals surface area (Å²) >= 11 is 0. The Morgan fingerprint density at radius 3 is 3.00 bits per heavy atom. The van der Waals surface area contributed by atoms with E-state index in [0.29, 0.717) is 31.7 Å². The Kier molecular flexibility index (Phi) is 4.05. The summed E-state index contributed by atoms with van der Waals surface area (Å²) in [6, 6.07) is 7.18. The molecule has 5 rings (SSSR count). The van der Waals surface area contributed by atoms with Crippen molar-refractivity contribution in [3.63, 3.8) is 0 Å². The summed E-state index contributed by atoms with van der Waals surface area (Å²) in [7, 11) is 1.90. The molecule has 4 aromatic rings. The number of benzene rings is 1. The highest BCUT2D eigenvalue weighted by molar-refractivity contribution is 5.60. The molecule has 8 heteroatoms. The van der Waals surface area contributed by atoms with Gasteiger partial charge in [-0.05, 0) is 23.3 Å². The first-order valence-corrected chi connectivity index (χ1v) is 9.09. The van der Waals surface area contributed by atoms with E-state index >= 15 is 0 Å². The van der Waals surface area contributed by atoms with Gasteiger partial charge in [-0.2, -0.15) is 5.10 Å². The van der Waals surface area contributed by atoms with Crippen molar-refractivity contribution in [1.29, 1.82) is 0 Å². The molecule has 0 bridgehead atoms. The number of rotatable bonds is 2. The standard InChI is InChI=1S/C20H19FN6O/c1-26-9-13(7-24-26)5-15-6-16-11-28-10-14-3-2-4-18(21)17(14)8-22-19(16)27-12-23-25-20(15)27/h2-4,6-7,9,12,22H,5,8,10-11H2,1H3. The normalized spacial score (nSPS) is 13.9. The molecule has 0 aliphatic carbocycles. The maximum Gasteiger partial charge on any atom is 0.165 e. The summed E-state index contributed by atoms with van der Waals surface area (Å²) in [4.78, 5) is 0. The van der Waals surface area contributed by atoms with Crippen LogP contribution in [0.15, 0.2) is 43.0 Å². The van der Waals surface area contributed by atoms with Crippen molar-refractivity contribution in [2.75, 3.05) is 5.32 Å². The summed E-state index contributed by atoms with van der Waals surface area (Å²) in [5, 5.41) is 16.0. The third-order valence-electron chi connectivity index (χ3n) is 5.05. The molecule has 0 spiro atoms. The lowest BCUT2D eigenvalue weighted by molar-refractivity contribution is 0.107. The monoisotopic (exact) mass is 378 g/mol. The zero-order chi connectivity index (χ0) is 19.1. The average molecular weight is 378 g/mol. The first-order chi connectivity index (χ1) is 13.7. The van der Waals surface area contributed by atoms with Crippen molar-refractivity contribution in [2.24, 2.45) is 7.05 Å². The molecule has 0 saturated carbocycles. The summed E-state index contributed by atoms with van der Waals surface area (Å²) < 4.78 is 23.9. The van der Waals surface area contributed by atoms with Gasteiger partial charge in [-0.25, -0.2) is 4.39 Å². The molecule has 3 aromatic heterocycles. The number of nitrogens with zero attached hydrogens (tertiary/aromatic N) is 5. The van der Waals surface area contributed by atoms with Gasteiger partial charge >= 0.3 is 0 Å². The number of anilines is 1. The van der Waals surface area contributed by atoms with Crippen LogP contribution >= 0.6 is 0 Å². The van der Waals surface area contributed by atoms with Crippen LogP contribution in [0.5, 0.6) is 0 Å². The Balaban J connectivity index is 1.57. The topological polar surface area (TPSA) is 69.3 Å². The molecule has 1 aliphatic rings. The van der Waals surface area contributed by atoms with Crippen molar-refractivity contribution < 1.29 is 9.13 Å². The molecule has 142 valence electrons. The Labute approximate surface area is 160 Å². The van der Waals surface area contributed by atoms with Crippen LogP contribution in [0, 0.1) is 5.82 Å². The van der Waals surface area contributed by atoms with Gasteiger partial charge in [0.15, 0.2) is 5.65 Å². The Morgan fingerprint density at radius 1 is 1.25 bits per heavy atom. The van der Waals surface area contributed by atoms with Gasteiger partial charge in [0.05, 0.1) is 19.4 Å². The molecular weight excluding hydrogens is 359 g/mol. The lowest BCUT2D eigenvalue weighted by Gasteiger charge is -2.15. The molecule has 0 atom stereocenters. The molecule has 0 fully saturated rings. The van der Waals surface area contributed by atoms with E-state index < -0.39 is 0 Å². The van der Waals surface area contributed by atoms with Crippen LogP contribution < -0.4 is 5.32 Å². The minimum Gasteiger partial charge on any atom is -0.372 e. The average Bonchev–Trinajstić information content (AvgIpc) is 3.32. The number of halogens is 1. The molecule has 28 heavy (non-hydrogen) atoms. The van der Waals surface area contributed by atoms with E-state index in [1.165, 1.54) is 6.07 Å². The number of hydrogen-bond acceptors (Lipinski definition) is 5. The number of aryl methyl sites for hydroxylation is 1. The van der Waals surface area contributed by atoms with E-state index in [4.69, 9.17) is 4.74 Å². The van der Waals surface area contributed by atoms with Crippen molar-refractivity contribution in [3.05, 3.63) is 76.6 Å². The molecule has 4 heterocycles. The first-order valence-electron chi connectivity index (χ1n) is 9.09. The second kappa shape index (κ2) is 6.72. The second-order valence-electron chi connectivity index (χ2n) is 6.99. The van der Waals surface area contributed by atoms with E-state index in [1.54, 1.807) is 17.1 Å². The minimum absolute atomic E-state index is 0.231. The fourth-order valence-corrected chi connectivity index (χ4v) is 3.72. The number of ether oxygens (including phenoxy) is 1. The Hall–Kier alpha value is -3.26. The van der Waals surface area contributed by atoms with Gasteiger partial charge in [0.1, 0.15) is 18.0 Å². The molecule has 7 nitrogen and oxygen atoms in total. The zero-order valence-corrected chi connectivity index (χ0v) is 15.4. The van der Waals surface area contributed by atoms with Crippen molar-refractivity contribution in [3.8, 4) is 0 Å². The van der Waals surface area contributed by atoms with Gasteiger partial charge in [-0.3, -0.25) is 9.08 Å². The molecule has 1 aliphatic heterocycles. The molecule has 0 saturated heterocycles. The maximum absolute atomic E-state index is 14.3. The molecule has 0 unspecified atom stereocenters. The van der Waals surface area contributed by atoms with Crippen molar-refractivity contribution >= 4 is 11.5 Å². The van der Waals surface area contributed by atoms with Crippen molar-refractivity contribution in [2.45, 2.75) is 26.2 Å². The van der Waals surface area contributed by atoms with Crippen LogP contribution in [0.1, 0.15) is 27.8 Å². The Morgan fingerprint density at radius 2 is 2.14 bits per heavy atom. The van der Waals surface area contributed by atoms with Crippen LogP contribution in [0.25, 0.3) is 5.65 Å². The van der Waals surface area contributed by atoms with Crippen LogP contribution in [-0.4, -0.2) is 24.4 Å². The highest BCUT2D eigenvalue weighted by Crippen LogP contribution is 2.27. The quantitative estimate of drug-likeness (QED) is 0.581. The SMILES string of the molecule is Cn1cc(Cc2cc3c(n4cnnc24)NCc2c(F)cccc2COC3)cn1. The molecule has 1 N–H and O–H groups in total. The largest absolute Gasteiger partial charge is 0.372 e. The van der Waals surface area contributed by atoms with Crippen LogP contribution in [0.4, 0.5) is 10.2 Å². The summed E-state index contributed by atoms with van der Waals surface area (Å²) in [6.45, 7) is 1.15. The van der Waals surface area contributed by atoms with Gasteiger partial charge in [-0.15, -0.1) is 10.2 Å². The Bertz CT molecular complexity index is 1160. The van der Waals surface area contributed by atoms with E-state index in [0.717, 1.165) is 33.7 Å². The van der Waals surface area contributed by atoms with E-state index in [9.17, 15) is 4.39 Å². The van der Waals surface area contributed by atoms with Gasteiger partial charge < -0.3 is 10.1 Å². The molecule has 0 amide bonds. The van der Waals surface area contributed by atoms with Crippen LogP contribution in [0.2, 0.25) is 0 Å². The van der Waals surface area contributed by atoms with Crippen LogP contribution in [-0.2, 0) is 38.0 Å². The molecule has 0 radical (unpaired) electrons.